The first-order valence-electron chi connectivity index (χ1n) is 14.1. The molecule has 0 radical (unpaired) electrons. The predicted molar refractivity (Wildman–Crippen MR) is 150 cm³/mol. The Labute approximate surface area is 205 Å². The summed E-state index contributed by atoms with van der Waals surface area (Å²) in [4.78, 5) is 0. The molecule has 1 nitrogen and oxygen atoms in total. The number of hydrogen-bond acceptors (Lipinski definition) is 1. The highest BCUT2D eigenvalue weighted by Gasteiger charge is 2.38. The van der Waals surface area contributed by atoms with Crippen LogP contribution in [0.1, 0.15) is 144 Å². The first-order chi connectivity index (χ1) is 15.1. The molecule has 1 atom stereocenters. The molecular weight excluding hydrogens is 404 g/mol. The first-order valence-corrected chi connectivity index (χ1v) is 17.0. The van der Waals surface area contributed by atoms with Crippen LogP contribution >= 0.6 is 0 Å². The van der Waals surface area contributed by atoms with Crippen molar-refractivity contribution in [3.05, 3.63) is 23.8 Å². The highest BCUT2D eigenvalue weighted by Crippen LogP contribution is 2.38. The standard InChI is InChI=1S/C30H60OSi/c1-9-11-12-13-20-23-26-29(31-32(7,8)30(4,5)6)27-24-21-18-16-14-15-17-19-22-25-28(3)10-2/h10-12,29H,9,13-27H2,1-8H3/b12-11-,28-10-. The molecule has 0 aliphatic heterocycles. The van der Waals surface area contributed by atoms with Gasteiger partial charge in [0.25, 0.3) is 0 Å². The molecule has 0 aromatic carbocycles. The van der Waals surface area contributed by atoms with Gasteiger partial charge in [-0.3, -0.25) is 0 Å². The van der Waals surface area contributed by atoms with E-state index in [-0.39, 0.29) is 0 Å². The monoisotopic (exact) mass is 464 g/mol. The minimum Gasteiger partial charge on any atom is -0.414 e. The zero-order valence-electron chi connectivity index (χ0n) is 23.5. The lowest BCUT2D eigenvalue weighted by molar-refractivity contribution is 0.154. The Balaban J connectivity index is 4.08. The van der Waals surface area contributed by atoms with Gasteiger partial charge in [0.05, 0.1) is 0 Å². The molecule has 0 bridgehead atoms. The van der Waals surface area contributed by atoms with E-state index < -0.39 is 8.32 Å². The summed E-state index contributed by atoms with van der Waals surface area (Å²) in [5.41, 5.74) is 1.55. The summed E-state index contributed by atoms with van der Waals surface area (Å²) in [7, 11) is -1.67. The van der Waals surface area contributed by atoms with Gasteiger partial charge in [0.15, 0.2) is 8.32 Å². The number of rotatable bonds is 20. The van der Waals surface area contributed by atoms with Crippen LogP contribution < -0.4 is 0 Å². The molecule has 0 rings (SSSR count). The van der Waals surface area contributed by atoms with E-state index in [9.17, 15) is 0 Å². The van der Waals surface area contributed by atoms with Crippen LogP contribution in [0.3, 0.4) is 0 Å². The van der Waals surface area contributed by atoms with Crippen molar-refractivity contribution in [2.75, 3.05) is 0 Å². The van der Waals surface area contributed by atoms with E-state index in [1.54, 1.807) is 5.57 Å². The third kappa shape index (κ3) is 17.2. The van der Waals surface area contributed by atoms with E-state index >= 15 is 0 Å². The quantitative estimate of drug-likeness (QED) is 0.0988. The van der Waals surface area contributed by atoms with E-state index in [0.29, 0.717) is 11.1 Å². The molecule has 1 unspecified atom stereocenters. The Hall–Kier alpha value is -0.343. The van der Waals surface area contributed by atoms with Crippen LogP contribution in [0.2, 0.25) is 18.1 Å². The third-order valence-electron chi connectivity index (χ3n) is 7.41. The lowest BCUT2D eigenvalue weighted by Gasteiger charge is -2.39. The fraction of sp³-hybridized carbons (Fsp3) is 0.867. The van der Waals surface area contributed by atoms with E-state index in [1.807, 2.05) is 0 Å². The summed E-state index contributed by atoms with van der Waals surface area (Å²) in [6, 6.07) is 0. The molecule has 0 aliphatic rings. The minimum absolute atomic E-state index is 0.306. The van der Waals surface area contributed by atoms with Gasteiger partial charge in [-0.05, 0) is 76.9 Å². The zero-order chi connectivity index (χ0) is 24.3. The van der Waals surface area contributed by atoms with Crippen molar-refractivity contribution in [1.82, 2.24) is 0 Å². The average molecular weight is 465 g/mol. The SMILES string of the molecule is C/C=C(/C)CCCCCCCCCCCC(CCCC/C=C\CC)O[Si](C)(C)C(C)(C)C. The molecule has 0 fully saturated rings. The molecule has 0 spiro atoms. The maximum absolute atomic E-state index is 6.85. The zero-order valence-corrected chi connectivity index (χ0v) is 24.5. The Morgan fingerprint density at radius 1 is 0.781 bits per heavy atom. The second-order valence-corrected chi connectivity index (χ2v) is 16.3. The summed E-state index contributed by atoms with van der Waals surface area (Å²) < 4.78 is 6.85. The van der Waals surface area contributed by atoms with Gasteiger partial charge in [0.2, 0.25) is 0 Å². The van der Waals surface area contributed by atoms with Gasteiger partial charge in [-0.1, -0.05) is 109 Å². The van der Waals surface area contributed by atoms with E-state index in [4.69, 9.17) is 4.43 Å². The summed E-state index contributed by atoms with van der Waals surface area (Å²) in [6.45, 7) is 18.6. The van der Waals surface area contributed by atoms with Crippen LogP contribution in [0.5, 0.6) is 0 Å². The first kappa shape index (κ1) is 31.7. The van der Waals surface area contributed by atoms with Crippen molar-refractivity contribution in [2.24, 2.45) is 0 Å². The van der Waals surface area contributed by atoms with Gasteiger partial charge in [0.1, 0.15) is 0 Å². The lowest BCUT2D eigenvalue weighted by atomic mass is 10.0. The molecule has 32 heavy (non-hydrogen) atoms. The summed E-state index contributed by atoms with van der Waals surface area (Å²) in [6.07, 6.45) is 28.8. The topological polar surface area (TPSA) is 9.23 Å². The fourth-order valence-corrected chi connectivity index (χ4v) is 5.35. The van der Waals surface area contributed by atoms with Gasteiger partial charge in [0, 0.05) is 6.10 Å². The van der Waals surface area contributed by atoms with Crippen molar-refractivity contribution < 1.29 is 4.43 Å². The Morgan fingerprint density at radius 3 is 1.78 bits per heavy atom. The van der Waals surface area contributed by atoms with Gasteiger partial charge in [-0.2, -0.15) is 0 Å². The molecule has 0 amide bonds. The third-order valence-corrected chi connectivity index (χ3v) is 11.9. The highest BCUT2D eigenvalue weighted by molar-refractivity contribution is 6.74. The molecule has 2 heteroatoms. The number of unbranched alkanes of at least 4 members (excludes halogenated alkanes) is 10. The van der Waals surface area contributed by atoms with Crippen LogP contribution in [0.4, 0.5) is 0 Å². The highest BCUT2D eigenvalue weighted by atomic mass is 28.4. The minimum atomic E-state index is -1.67. The van der Waals surface area contributed by atoms with Crippen LogP contribution in [0.25, 0.3) is 0 Å². The van der Waals surface area contributed by atoms with Gasteiger partial charge >= 0.3 is 0 Å². The lowest BCUT2D eigenvalue weighted by Crippen LogP contribution is -2.44. The maximum atomic E-state index is 6.85. The van der Waals surface area contributed by atoms with Crippen molar-refractivity contribution in [1.29, 1.82) is 0 Å². The Bertz CT molecular complexity index is 484. The van der Waals surface area contributed by atoms with Crippen molar-refractivity contribution in [3.63, 3.8) is 0 Å². The fourth-order valence-electron chi connectivity index (χ4n) is 3.93. The second kappa shape index (κ2) is 19.0. The van der Waals surface area contributed by atoms with Gasteiger partial charge in [-0.25, -0.2) is 0 Å². The largest absolute Gasteiger partial charge is 0.414 e. The smallest absolute Gasteiger partial charge is 0.192 e. The maximum Gasteiger partial charge on any atom is 0.192 e. The summed E-state index contributed by atoms with van der Waals surface area (Å²) in [5.74, 6) is 0. The predicted octanol–water partition coefficient (Wildman–Crippen LogP) is 11.2. The Kier molecular flexibility index (Phi) is 18.8. The molecule has 0 N–H and O–H groups in total. The van der Waals surface area contributed by atoms with E-state index in [1.165, 1.54) is 96.3 Å². The summed E-state index contributed by atoms with van der Waals surface area (Å²) >= 11 is 0. The molecule has 0 saturated carbocycles. The van der Waals surface area contributed by atoms with Crippen molar-refractivity contribution >= 4 is 8.32 Å². The number of allylic oxidation sites excluding steroid dienone is 4. The second-order valence-electron chi connectivity index (χ2n) is 11.5. The van der Waals surface area contributed by atoms with Crippen LogP contribution in [-0.2, 0) is 4.43 Å². The van der Waals surface area contributed by atoms with E-state index in [2.05, 4.69) is 72.9 Å². The molecule has 0 heterocycles. The van der Waals surface area contributed by atoms with Crippen molar-refractivity contribution in [3.8, 4) is 0 Å². The van der Waals surface area contributed by atoms with Crippen molar-refractivity contribution in [2.45, 2.75) is 169 Å². The van der Waals surface area contributed by atoms with E-state index in [0.717, 1.165) is 6.42 Å². The Morgan fingerprint density at radius 2 is 1.28 bits per heavy atom. The van der Waals surface area contributed by atoms with Gasteiger partial charge in [-0.15, -0.1) is 0 Å². The molecular formula is C30H60OSi. The molecule has 0 aliphatic carbocycles. The molecule has 0 saturated heterocycles. The van der Waals surface area contributed by atoms with Gasteiger partial charge < -0.3 is 4.43 Å². The summed E-state index contributed by atoms with van der Waals surface area (Å²) in [5, 5.41) is 0.306. The van der Waals surface area contributed by atoms with Crippen LogP contribution in [0, 0.1) is 0 Å². The molecule has 190 valence electrons. The molecule has 0 aromatic rings. The number of hydrogen-bond donors (Lipinski definition) is 0. The van der Waals surface area contributed by atoms with Crippen LogP contribution in [-0.4, -0.2) is 14.4 Å². The average Bonchev–Trinajstić information content (AvgIpc) is 2.72. The van der Waals surface area contributed by atoms with Crippen LogP contribution in [0.15, 0.2) is 23.8 Å². The normalized spacial score (nSPS) is 14.4. The molecule has 0 aromatic heterocycles.